The van der Waals surface area contributed by atoms with Crippen molar-refractivity contribution in [1.29, 1.82) is 0 Å². The number of benzene rings is 2. The molecular formula is C44H64N6O8. The summed E-state index contributed by atoms with van der Waals surface area (Å²) < 4.78 is 16.4. The molecule has 5 N–H and O–H groups in total. The zero-order chi connectivity index (χ0) is 41.3. The molecule has 318 valence electrons. The van der Waals surface area contributed by atoms with E-state index in [9.17, 15) is 24.0 Å². The van der Waals surface area contributed by atoms with Gasteiger partial charge in [-0.15, -0.1) is 0 Å². The molecule has 1 aliphatic heterocycles. The molecule has 1 saturated carbocycles. The average Bonchev–Trinajstić information content (AvgIpc) is 3.53. The Balaban J connectivity index is 1.09. The molecule has 0 bridgehead atoms. The van der Waals surface area contributed by atoms with Gasteiger partial charge in [0.1, 0.15) is 24.3 Å². The number of carbonyl (C=O) groups excluding carboxylic acids is 5. The van der Waals surface area contributed by atoms with Gasteiger partial charge in [0, 0.05) is 38.6 Å². The number of nitrogens with zero attached hydrogens (tertiary/aromatic N) is 1. The minimum Gasteiger partial charge on any atom is -0.449 e. The topological polar surface area (TPSA) is 176 Å². The third kappa shape index (κ3) is 13.9. The first kappa shape index (κ1) is 44.3. The molecule has 2 atom stereocenters. The Morgan fingerprint density at radius 2 is 1.31 bits per heavy atom. The van der Waals surface area contributed by atoms with Crippen LogP contribution in [0, 0.1) is 5.92 Å². The number of alkyl carbamates (subject to hydrolysis) is 2. The number of hydrogen-bond donors (Lipinski definition) is 5. The van der Waals surface area contributed by atoms with Gasteiger partial charge in [0.2, 0.25) is 11.8 Å². The maximum absolute atomic E-state index is 13.9. The molecule has 0 aromatic heterocycles. The van der Waals surface area contributed by atoms with E-state index < -0.39 is 29.9 Å². The van der Waals surface area contributed by atoms with Crippen molar-refractivity contribution in [3.05, 3.63) is 59.7 Å². The highest BCUT2D eigenvalue weighted by Crippen LogP contribution is 2.44. The molecule has 2 aromatic rings. The summed E-state index contributed by atoms with van der Waals surface area (Å²) >= 11 is 0. The SMILES string of the molecule is CC(C)(C)OC(=O)NCCCC[C@H](NC(=O)[C@H](CC1CCCCC1)NC(=O)N1CCOCC1)C(=O)NCCCCNC(=O)OCC1c2ccccc2-c2ccccc21. The average molecular weight is 805 g/mol. The third-order valence-electron chi connectivity index (χ3n) is 10.9. The number of carbonyl (C=O) groups is 5. The van der Waals surface area contributed by atoms with Crippen LogP contribution in [0.15, 0.2) is 48.5 Å². The molecule has 3 aliphatic rings. The molecule has 0 radical (unpaired) electrons. The number of ether oxygens (including phenoxy) is 3. The standard InChI is InChI=1S/C44H64N6O8/c1-44(2,3)58-43(55)47-23-12-11-21-37(48-40(52)38(29-31-15-5-4-6-16-31)49-41(53)50-25-27-56-28-26-50)39(51)45-22-13-14-24-46-42(54)57-30-36-34-19-9-7-17-32(34)33-18-8-10-20-35(33)36/h7-10,17-20,31,36-38H,4-6,11-16,21-30H2,1-3H3,(H,45,51)(H,46,54)(H,47,55)(H,48,52)(H,49,53)/t37-,38-/m0/s1. The van der Waals surface area contributed by atoms with Crippen molar-refractivity contribution in [2.75, 3.05) is 52.5 Å². The van der Waals surface area contributed by atoms with E-state index in [2.05, 4.69) is 50.8 Å². The lowest BCUT2D eigenvalue weighted by atomic mass is 9.84. The second-order valence-corrected chi connectivity index (χ2v) is 16.6. The summed E-state index contributed by atoms with van der Waals surface area (Å²) in [7, 11) is 0. The van der Waals surface area contributed by atoms with Crippen LogP contribution in [0.5, 0.6) is 0 Å². The van der Waals surface area contributed by atoms with Crippen molar-refractivity contribution in [1.82, 2.24) is 31.5 Å². The molecule has 2 aromatic carbocycles. The van der Waals surface area contributed by atoms with Crippen LogP contribution < -0.4 is 26.6 Å². The lowest BCUT2D eigenvalue weighted by molar-refractivity contribution is -0.130. The molecule has 58 heavy (non-hydrogen) atoms. The Kier molecular flexibility index (Phi) is 17.0. The van der Waals surface area contributed by atoms with E-state index in [0.717, 1.165) is 36.8 Å². The van der Waals surface area contributed by atoms with Gasteiger partial charge in [-0.2, -0.15) is 0 Å². The fraction of sp³-hybridized carbons (Fsp3) is 0.614. The number of rotatable bonds is 18. The minimum absolute atomic E-state index is 0.0217. The highest BCUT2D eigenvalue weighted by atomic mass is 16.6. The normalized spacial score (nSPS) is 16.6. The molecule has 2 aliphatic carbocycles. The number of morpholine rings is 1. The zero-order valence-electron chi connectivity index (χ0n) is 34.6. The van der Waals surface area contributed by atoms with E-state index in [-0.39, 0.29) is 30.4 Å². The number of hydrogen-bond acceptors (Lipinski definition) is 8. The van der Waals surface area contributed by atoms with Crippen LogP contribution in [-0.4, -0.2) is 105 Å². The summed E-state index contributed by atoms with van der Waals surface area (Å²) in [5, 5.41) is 14.5. The van der Waals surface area contributed by atoms with Gasteiger partial charge >= 0.3 is 18.2 Å². The fourth-order valence-electron chi connectivity index (χ4n) is 7.94. The molecule has 0 unspecified atom stereocenters. The largest absolute Gasteiger partial charge is 0.449 e. The third-order valence-corrected chi connectivity index (χ3v) is 10.9. The summed E-state index contributed by atoms with van der Waals surface area (Å²) in [6.07, 6.45) is 7.53. The number of amides is 6. The van der Waals surface area contributed by atoms with Gasteiger partial charge in [-0.3, -0.25) is 9.59 Å². The predicted octanol–water partition coefficient (Wildman–Crippen LogP) is 5.98. The van der Waals surface area contributed by atoms with Crippen molar-refractivity contribution < 1.29 is 38.2 Å². The summed E-state index contributed by atoms with van der Waals surface area (Å²) in [5.74, 6) is -0.422. The number of nitrogens with one attached hydrogen (secondary N) is 5. The van der Waals surface area contributed by atoms with Crippen LogP contribution in [0.2, 0.25) is 0 Å². The van der Waals surface area contributed by atoms with Crippen molar-refractivity contribution in [2.24, 2.45) is 5.92 Å². The number of fused-ring (bicyclic) bond motifs is 3. The predicted molar refractivity (Wildman–Crippen MR) is 221 cm³/mol. The van der Waals surface area contributed by atoms with Gasteiger partial charge in [0.15, 0.2) is 0 Å². The van der Waals surface area contributed by atoms with Gasteiger partial charge in [-0.25, -0.2) is 14.4 Å². The molecular weight excluding hydrogens is 741 g/mol. The van der Waals surface area contributed by atoms with Crippen LogP contribution in [0.25, 0.3) is 11.1 Å². The Labute approximate surface area is 343 Å². The van der Waals surface area contributed by atoms with E-state index in [0.29, 0.717) is 90.4 Å². The Morgan fingerprint density at radius 3 is 1.95 bits per heavy atom. The summed E-state index contributed by atoms with van der Waals surface area (Å²) in [5.41, 5.74) is 4.02. The minimum atomic E-state index is -0.845. The molecule has 2 fully saturated rings. The molecule has 5 rings (SSSR count). The molecule has 6 amide bonds. The molecule has 1 heterocycles. The summed E-state index contributed by atoms with van der Waals surface area (Å²) in [6.45, 7) is 8.50. The second kappa shape index (κ2) is 22.3. The summed E-state index contributed by atoms with van der Waals surface area (Å²) in [6, 6.07) is 14.4. The van der Waals surface area contributed by atoms with Gasteiger partial charge < -0.3 is 45.7 Å². The van der Waals surface area contributed by atoms with E-state index in [1.54, 1.807) is 25.7 Å². The highest BCUT2D eigenvalue weighted by Gasteiger charge is 2.32. The van der Waals surface area contributed by atoms with Crippen molar-refractivity contribution in [3.63, 3.8) is 0 Å². The molecule has 1 saturated heterocycles. The van der Waals surface area contributed by atoms with Gasteiger partial charge in [0.05, 0.1) is 13.2 Å². The van der Waals surface area contributed by atoms with Crippen molar-refractivity contribution in [2.45, 2.75) is 115 Å². The quantitative estimate of drug-likeness (QED) is 0.114. The lowest BCUT2D eigenvalue weighted by Gasteiger charge is -2.31. The zero-order valence-corrected chi connectivity index (χ0v) is 34.6. The van der Waals surface area contributed by atoms with E-state index >= 15 is 0 Å². The van der Waals surface area contributed by atoms with Gasteiger partial charge in [-0.05, 0) is 87.5 Å². The highest BCUT2D eigenvalue weighted by molar-refractivity contribution is 5.92. The van der Waals surface area contributed by atoms with E-state index in [1.807, 2.05) is 24.3 Å². The van der Waals surface area contributed by atoms with Crippen LogP contribution in [-0.2, 0) is 23.8 Å². The fourth-order valence-corrected chi connectivity index (χ4v) is 7.94. The van der Waals surface area contributed by atoms with Gasteiger partial charge in [0.25, 0.3) is 0 Å². The van der Waals surface area contributed by atoms with Crippen LogP contribution in [0.3, 0.4) is 0 Å². The molecule has 14 nitrogen and oxygen atoms in total. The van der Waals surface area contributed by atoms with Crippen molar-refractivity contribution >= 4 is 30.0 Å². The van der Waals surface area contributed by atoms with Crippen LogP contribution >= 0.6 is 0 Å². The summed E-state index contributed by atoms with van der Waals surface area (Å²) in [4.78, 5) is 67.2. The van der Waals surface area contributed by atoms with Crippen LogP contribution in [0.4, 0.5) is 14.4 Å². The maximum atomic E-state index is 13.9. The Bertz CT molecular complexity index is 1620. The van der Waals surface area contributed by atoms with E-state index in [1.165, 1.54) is 17.5 Å². The van der Waals surface area contributed by atoms with Crippen LogP contribution in [0.1, 0.15) is 108 Å². The Hall–Kier alpha value is -4.85. The number of urea groups is 1. The monoisotopic (exact) mass is 804 g/mol. The smallest absolute Gasteiger partial charge is 0.407 e. The molecule has 14 heteroatoms. The molecule has 0 spiro atoms. The number of unbranched alkanes of at least 4 members (excludes halogenated alkanes) is 2. The maximum Gasteiger partial charge on any atom is 0.407 e. The Morgan fingerprint density at radius 1 is 0.724 bits per heavy atom. The second-order valence-electron chi connectivity index (χ2n) is 16.6. The first-order chi connectivity index (χ1) is 28.0. The first-order valence-corrected chi connectivity index (χ1v) is 21.3. The van der Waals surface area contributed by atoms with Crippen molar-refractivity contribution in [3.8, 4) is 11.1 Å². The van der Waals surface area contributed by atoms with E-state index in [4.69, 9.17) is 14.2 Å². The first-order valence-electron chi connectivity index (χ1n) is 21.3. The lowest BCUT2D eigenvalue weighted by Crippen LogP contribution is -2.57. The van der Waals surface area contributed by atoms with Gasteiger partial charge in [-0.1, -0.05) is 80.6 Å².